The van der Waals surface area contributed by atoms with Gasteiger partial charge in [0, 0.05) is 12.1 Å². The summed E-state index contributed by atoms with van der Waals surface area (Å²) in [6, 6.07) is 5.50. The van der Waals surface area contributed by atoms with Crippen LogP contribution in [0.1, 0.15) is 76.6 Å². The number of carbonyl (C=O) groups excluding carboxylic acids is 2. The number of halogens is 6. The molecule has 0 radical (unpaired) electrons. The van der Waals surface area contributed by atoms with E-state index >= 15 is 0 Å². The molecule has 12 nitrogen and oxygen atoms in total. The Morgan fingerprint density at radius 1 is 0.960 bits per heavy atom. The summed E-state index contributed by atoms with van der Waals surface area (Å²) in [7, 11) is 0. The van der Waals surface area contributed by atoms with Gasteiger partial charge in [0.25, 0.3) is 5.89 Å². The van der Waals surface area contributed by atoms with Gasteiger partial charge in [-0.2, -0.15) is 31.3 Å². The minimum atomic E-state index is -4.92. The van der Waals surface area contributed by atoms with Gasteiger partial charge in [0.2, 0.25) is 11.8 Å². The lowest BCUT2D eigenvalue weighted by atomic mass is 10.1. The molecule has 2 N–H and O–H groups in total. The van der Waals surface area contributed by atoms with E-state index in [1.165, 1.54) is 11.0 Å². The molecule has 1 aliphatic rings. The molecule has 50 heavy (non-hydrogen) atoms. The van der Waals surface area contributed by atoms with Crippen LogP contribution in [-0.4, -0.2) is 62.1 Å². The largest absolute Gasteiger partial charge is 0.488 e. The number of nitrogens with zero attached hydrogens (tertiary/aromatic N) is 4. The van der Waals surface area contributed by atoms with Crippen LogP contribution in [0, 0.1) is 0 Å². The Morgan fingerprint density at radius 3 is 2.18 bits per heavy atom. The maximum absolute atomic E-state index is 14.1. The van der Waals surface area contributed by atoms with E-state index in [0.29, 0.717) is 6.07 Å². The number of benzene rings is 2. The number of aliphatic hydroxyl groups excluding tert-OH is 1. The van der Waals surface area contributed by atoms with Crippen molar-refractivity contribution in [1.82, 2.24) is 20.4 Å². The molecule has 1 aliphatic heterocycles. The molecule has 1 saturated heterocycles. The van der Waals surface area contributed by atoms with Crippen LogP contribution in [0.25, 0.3) is 11.4 Å². The lowest BCUT2D eigenvalue weighted by Gasteiger charge is -2.28. The summed E-state index contributed by atoms with van der Waals surface area (Å²) in [5, 5.41) is 17.0. The van der Waals surface area contributed by atoms with Crippen LogP contribution in [0.5, 0.6) is 5.75 Å². The van der Waals surface area contributed by atoms with Gasteiger partial charge >= 0.3 is 24.5 Å². The molecule has 18 heteroatoms. The quantitative estimate of drug-likeness (QED) is 0.157. The lowest BCUT2D eigenvalue weighted by Crippen LogP contribution is -2.47. The highest BCUT2D eigenvalue weighted by molar-refractivity contribution is 5.99. The Hall–Kier alpha value is -4.87. The van der Waals surface area contributed by atoms with Crippen molar-refractivity contribution in [1.29, 1.82) is 0 Å². The number of alkyl halides is 6. The number of likely N-dealkylation sites (tertiary alicyclic amines) is 1. The van der Waals surface area contributed by atoms with Crippen LogP contribution in [-0.2, 0) is 28.4 Å². The molecule has 0 spiro atoms. The molecule has 3 aromatic rings. The third-order valence-electron chi connectivity index (χ3n) is 6.76. The number of nitrogens with one attached hydrogen (secondary N) is 1. The highest BCUT2D eigenvalue weighted by Crippen LogP contribution is 2.40. The molecule has 0 bridgehead atoms. The summed E-state index contributed by atoms with van der Waals surface area (Å²) in [5.41, 5.74) is -3.95. The van der Waals surface area contributed by atoms with Crippen molar-refractivity contribution in [2.24, 2.45) is 4.99 Å². The summed E-state index contributed by atoms with van der Waals surface area (Å²) in [6.07, 6.45) is -12.7. The lowest BCUT2D eigenvalue weighted by molar-refractivity contribution is -0.139. The maximum Gasteiger partial charge on any atom is 0.437 e. The van der Waals surface area contributed by atoms with Gasteiger partial charge in [0.15, 0.2) is 0 Å². The average molecular weight is 716 g/mol. The third kappa shape index (κ3) is 10.1. The molecule has 0 saturated carbocycles. The summed E-state index contributed by atoms with van der Waals surface area (Å²) in [4.78, 5) is 34.7. The van der Waals surface area contributed by atoms with Crippen LogP contribution < -0.4 is 10.1 Å². The number of rotatable bonds is 5. The fourth-order valence-electron chi connectivity index (χ4n) is 4.68. The number of aromatic nitrogens is 2. The maximum atomic E-state index is 14.1. The second-order valence-corrected chi connectivity index (χ2v) is 13.2. The van der Waals surface area contributed by atoms with Gasteiger partial charge in [0.1, 0.15) is 29.6 Å². The average Bonchev–Trinajstić information content (AvgIpc) is 3.59. The number of aliphatic hydroxyl groups is 1. The molecular weight excluding hydrogens is 680 g/mol. The van der Waals surface area contributed by atoms with E-state index in [1.54, 1.807) is 41.5 Å². The van der Waals surface area contributed by atoms with Gasteiger partial charge in [-0.05, 0) is 83.9 Å². The fourth-order valence-corrected chi connectivity index (χ4v) is 4.68. The monoisotopic (exact) mass is 715 g/mol. The van der Waals surface area contributed by atoms with E-state index < -0.39 is 71.4 Å². The SMILES string of the molecule is CC(C)(C)OC(=O)N=C(NC(=O)OC(C)(C)C)N1CC[C@H](O)[C@H]1c1nc(-c2ccc(OCc3ccc(C(F)(F)F)cc3)c(C(F)(F)F)c2)no1. The van der Waals surface area contributed by atoms with Crippen molar-refractivity contribution >= 4 is 18.1 Å². The van der Waals surface area contributed by atoms with E-state index in [1.807, 2.05) is 0 Å². The van der Waals surface area contributed by atoms with E-state index in [0.717, 1.165) is 30.3 Å². The van der Waals surface area contributed by atoms with Crippen LogP contribution in [0.3, 0.4) is 0 Å². The summed E-state index contributed by atoms with van der Waals surface area (Å²) >= 11 is 0. The standard InChI is InChI=1S/C32H35F6N5O7/c1-29(2,3)48-27(45)40-26(41-28(46)49-30(4,5)6)43-14-13-21(44)23(43)25-39-24(42-50-25)18-9-12-22(20(15-18)32(36,37)38)47-16-17-7-10-19(11-8-17)31(33,34)35/h7-12,15,21,23,44H,13-14,16H2,1-6H3,(H,40,41,45,46)/t21-,23-/m0/s1. The molecule has 0 aliphatic carbocycles. The number of alkyl carbamates (subject to hydrolysis) is 1. The molecule has 0 unspecified atom stereocenters. The number of hydrogen-bond donors (Lipinski definition) is 2. The minimum absolute atomic E-state index is 0.0180. The van der Waals surface area contributed by atoms with E-state index in [4.69, 9.17) is 18.7 Å². The summed E-state index contributed by atoms with van der Waals surface area (Å²) in [6.45, 7) is 9.21. The van der Waals surface area contributed by atoms with Crippen LogP contribution in [0.4, 0.5) is 35.9 Å². The first-order valence-corrected chi connectivity index (χ1v) is 15.1. The Labute approximate surface area is 282 Å². The Kier molecular flexibility index (Phi) is 10.7. The zero-order valence-electron chi connectivity index (χ0n) is 27.8. The van der Waals surface area contributed by atoms with Gasteiger partial charge in [-0.1, -0.05) is 17.3 Å². The van der Waals surface area contributed by atoms with E-state index in [9.17, 15) is 41.0 Å². The summed E-state index contributed by atoms with van der Waals surface area (Å²) < 4.78 is 102. The van der Waals surface area contributed by atoms with Crippen molar-refractivity contribution in [2.45, 2.75) is 90.3 Å². The molecule has 2 heterocycles. The first-order chi connectivity index (χ1) is 23.0. The number of carbonyl (C=O) groups is 2. The van der Waals surface area contributed by atoms with Crippen molar-refractivity contribution < 1.29 is 59.8 Å². The van der Waals surface area contributed by atoms with Gasteiger partial charge in [-0.15, -0.1) is 4.99 Å². The first-order valence-electron chi connectivity index (χ1n) is 15.1. The van der Waals surface area contributed by atoms with E-state index in [-0.39, 0.29) is 41.8 Å². The van der Waals surface area contributed by atoms with Gasteiger partial charge in [-0.3, -0.25) is 5.32 Å². The first kappa shape index (κ1) is 37.9. The predicted octanol–water partition coefficient (Wildman–Crippen LogP) is 7.28. The molecule has 1 fully saturated rings. The highest BCUT2D eigenvalue weighted by Gasteiger charge is 2.42. The molecule has 1 aromatic heterocycles. The van der Waals surface area contributed by atoms with Crippen LogP contribution >= 0.6 is 0 Å². The number of guanidine groups is 1. The van der Waals surface area contributed by atoms with E-state index in [2.05, 4.69) is 20.4 Å². The molecule has 272 valence electrons. The van der Waals surface area contributed by atoms with Crippen LogP contribution in [0.15, 0.2) is 52.0 Å². The number of amides is 2. The Bertz CT molecular complexity index is 1710. The second-order valence-electron chi connectivity index (χ2n) is 13.2. The number of aliphatic imine (C=N–C) groups is 1. The third-order valence-corrected chi connectivity index (χ3v) is 6.76. The smallest absolute Gasteiger partial charge is 0.437 e. The molecule has 2 aromatic carbocycles. The highest BCUT2D eigenvalue weighted by atomic mass is 19.4. The van der Waals surface area contributed by atoms with Crippen molar-refractivity contribution in [3.8, 4) is 17.1 Å². The van der Waals surface area contributed by atoms with Crippen LogP contribution in [0.2, 0.25) is 0 Å². The number of ether oxygens (including phenoxy) is 3. The molecule has 4 rings (SSSR count). The van der Waals surface area contributed by atoms with Gasteiger partial charge < -0.3 is 28.7 Å². The van der Waals surface area contributed by atoms with Gasteiger partial charge in [0.05, 0.1) is 17.2 Å². The van der Waals surface area contributed by atoms with Crippen molar-refractivity contribution in [2.75, 3.05) is 6.54 Å². The fraction of sp³-hybridized carbons (Fsp3) is 0.469. The Balaban J connectivity index is 1.61. The topological polar surface area (TPSA) is 149 Å². The second kappa shape index (κ2) is 14.2. The molecule has 2 atom stereocenters. The zero-order valence-corrected chi connectivity index (χ0v) is 27.8. The van der Waals surface area contributed by atoms with Crippen molar-refractivity contribution in [3.05, 3.63) is 65.0 Å². The Morgan fingerprint density at radius 2 is 1.60 bits per heavy atom. The number of hydrogen-bond acceptors (Lipinski definition) is 9. The van der Waals surface area contributed by atoms with Gasteiger partial charge in [-0.25, -0.2) is 9.59 Å². The zero-order chi connectivity index (χ0) is 37.2. The molecular formula is C32H35F6N5O7. The normalized spacial score (nSPS) is 17.5. The molecule has 2 amide bonds. The summed E-state index contributed by atoms with van der Waals surface area (Å²) in [5.74, 6) is -1.55. The predicted molar refractivity (Wildman–Crippen MR) is 164 cm³/mol. The van der Waals surface area contributed by atoms with Crippen molar-refractivity contribution in [3.63, 3.8) is 0 Å². The minimum Gasteiger partial charge on any atom is -0.488 e.